The summed E-state index contributed by atoms with van der Waals surface area (Å²) >= 11 is 0. The van der Waals surface area contributed by atoms with Gasteiger partial charge in [-0.1, -0.05) is 6.92 Å². The second kappa shape index (κ2) is 5.50. The zero-order valence-electron chi connectivity index (χ0n) is 10.8. The largest absolute Gasteiger partial charge is 0.392 e. The molecule has 1 fully saturated rings. The molecule has 0 aliphatic carbocycles. The van der Waals surface area contributed by atoms with Crippen LogP contribution >= 0.6 is 0 Å². The van der Waals surface area contributed by atoms with E-state index in [1.54, 1.807) is 0 Å². The Morgan fingerprint density at radius 1 is 1.41 bits per heavy atom. The average molecular weight is 234 g/mol. The number of hydrogen-bond donors (Lipinski definition) is 1. The van der Waals surface area contributed by atoms with Crippen LogP contribution in [0.3, 0.4) is 0 Å². The summed E-state index contributed by atoms with van der Waals surface area (Å²) in [5.74, 6) is 1.04. The Hall–Kier alpha value is -1.09. The van der Waals surface area contributed by atoms with Gasteiger partial charge in [-0.25, -0.2) is 4.98 Å². The molecular formula is C14H22N2O. The third-order valence-corrected chi connectivity index (χ3v) is 3.57. The second-order valence-corrected chi connectivity index (χ2v) is 4.88. The highest BCUT2D eigenvalue weighted by molar-refractivity contribution is 5.44. The maximum absolute atomic E-state index is 9.26. The van der Waals surface area contributed by atoms with E-state index in [1.807, 2.05) is 19.1 Å². The van der Waals surface area contributed by atoms with Crippen LogP contribution in [0.25, 0.3) is 0 Å². The third kappa shape index (κ3) is 2.78. The molecule has 2 rings (SSSR count). The van der Waals surface area contributed by atoms with Crippen molar-refractivity contribution < 1.29 is 5.11 Å². The molecule has 3 heteroatoms. The summed E-state index contributed by atoms with van der Waals surface area (Å²) in [5, 5.41) is 9.26. The summed E-state index contributed by atoms with van der Waals surface area (Å²) in [5.41, 5.74) is 1.96. The van der Waals surface area contributed by atoms with Gasteiger partial charge in [-0.05, 0) is 50.3 Å². The van der Waals surface area contributed by atoms with Crippen LogP contribution in [0.4, 0.5) is 5.82 Å². The van der Waals surface area contributed by atoms with E-state index in [1.165, 1.54) is 25.7 Å². The molecule has 0 saturated carbocycles. The lowest BCUT2D eigenvalue weighted by atomic mass is 10.00. The van der Waals surface area contributed by atoms with Crippen molar-refractivity contribution in [1.29, 1.82) is 0 Å². The van der Waals surface area contributed by atoms with Crippen LogP contribution in [0.2, 0.25) is 0 Å². The normalized spacial score (nSPS) is 20.6. The van der Waals surface area contributed by atoms with Crippen molar-refractivity contribution in [3.05, 3.63) is 23.4 Å². The fraction of sp³-hybridized carbons (Fsp3) is 0.643. The van der Waals surface area contributed by atoms with Crippen molar-refractivity contribution in [2.24, 2.45) is 0 Å². The fourth-order valence-electron chi connectivity index (χ4n) is 2.69. The van der Waals surface area contributed by atoms with Gasteiger partial charge in [0.05, 0.1) is 6.61 Å². The van der Waals surface area contributed by atoms with E-state index in [4.69, 9.17) is 0 Å². The first kappa shape index (κ1) is 12.4. The van der Waals surface area contributed by atoms with Crippen LogP contribution in [0.1, 0.15) is 43.9 Å². The number of piperidine rings is 1. The Labute approximate surface area is 103 Å². The molecule has 1 atom stereocenters. The molecule has 0 aromatic carbocycles. The third-order valence-electron chi connectivity index (χ3n) is 3.57. The van der Waals surface area contributed by atoms with Gasteiger partial charge in [-0.15, -0.1) is 0 Å². The van der Waals surface area contributed by atoms with Crippen molar-refractivity contribution in [3.63, 3.8) is 0 Å². The topological polar surface area (TPSA) is 36.4 Å². The lowest BCUT2D eigenvalue weighted by Gasteiger charge is -2.36. The summed E-state index contributed by atoms with van der Waals surface area (Å²) in [6.45, 7) is 5.43. The molecule has 1 unspecified atom stereocenters. The van der Waals surface area contributed by atoms with Gasteiger partial charge in [0.25, 0.3) is 0 Å². The first-order valence-corrected chi connectivity index (χ1v) is 6.59. The standard InChI is InChI=1S/C14H22N2O/c1-3-13-6-4-5-7-16(13)14-9-12(10-17)8-11(2)15-14/h8-9,13,17H,3-7,10H2,1-2H3. The van der Waals surface area contributed by atoms with Gasteiger partial charge in [-0.3, -0.25) is 0 Å². The lowest BCUT2D eigenvalue weighted by molar-refractivity contribution is 0.281. The lowest BCUT2D eigenvalue weighted by Crippen LogP contribution is -2.39. The molecule has 1 aliphatic rings. The molecule has 1 aromatic rings. The van der Waals surface area contributed by atoms with Gasteiger partial charge in [0.15, 0.2) is 0 Å². The van der Waals surface area contributed by atoms with E-state index in [2.05, 4.69) is 16.8 Å². The molecule has 94 valence electrons. The molecule has 2 heterocycles. The Bertz CT molecular complexity index is 378. The number of aromatic nitrogens is 1. The second-order valence-electron chi connectivity index (χ2n) is 4.88. The minimum atomic E-state index is 0.0982. The van der Waals surface area contributed by atoms with Crippen molar-refractivity contribution in [2.45, 2.75) is 52.2 Å². The van der Waals surface area contributed by atoms with Gasteiger partial charge >= 0.3 is 0 Å². The van der Waals surface area contributed by atoms with Crippen LogP contribution < -0.4 is 4.90 Å². The predicted molar refractivity (Wildman–Crippen MR) is 70.2 cm³/mol. The quantitative estimate of drug-likeness (QED) is 0.873. The van der Waals surface area contributed by atoms with E-state index in [9.17, 15) is 5.11 Å². The molecule has 17 heavy (non-hydrogen) atoms. The number of aliphatic hydroxyl groups is 1. The van der Waals surface area contributed by atoms with E-state index >= 15 is 0 Å². The van der Waals surface area contributed by atoms with Crippen molar-refractivity contribution in [3.8, 4) is 0 Å². The zero-order valence-corrected chi connectivity index (χ0v) is 10.8. The number of pyridine rings is 1. The van der Waals surface area contributed by atoms with Crippen LogP contribution in [-0.2, 0) is 6.61 Å². The maximum Gasteiger partial charge on any atom is 0.129 e. The number of nitrogens with zero attached hydrogens (tertiary/aromatic N) is 2. The first-order valence-electron chi connectivity index (χ1n) is 6.59. The van der Waals surface area contributed by atoms with Gasteiger partial charge in [0, 0.05) is 18.3 Å². The van der Waals surface area contributed by atoms with Crippen LogP contribution in [-0.4, -0.2) is 22.7 Å². The molecule has 1 N–H and O–H groups in total. The number of aryl methyl sites for hydroxylation is 1. The summed E-state index contributed by atoms with van der Waals surface area (Å²) in [4.78, 5) is 7.03. The molecule has 1 aromatic heterocycles. The van der Waals surface area contributed by atoms with E-state index < -0.39 is 0 Å². The van der Waals surface area contributed by atoms with Gasteiger partial charge in [0.2, 0.25) is 0 Å². The molecular weight excluding hydrogens is 212 g/mol. The maximum atomic E-state index is 9.26. The monoisotopic (exact) mass is 234 g/mol. The molecule has 3 nitrogen and oxygen atoms in total. The molecule has 0 amide bonds. The van der Waals surface area contributed by atoms with Crippen molar-refractivity contribution in [1.82, 2.24) is 4.98 Å². The Balaban J connectivity index is 2.27. The Morgan fingerprint density at radius 2 is 2.24 bits per heavy atom. The predicted octanol–water partition coefficient (Wildman–Crippen LogP) is 2.65. The molecule has 0 spiro atoms. The summed E-state index contributed by atoms with van der Waals surface area (Å²) < 4.78 is 0. The summed E-state index contributed by atoms with van der Waals surface area (Å²) in [7, 11) is 0. The van der Waals surface area contributed by atoms with Crippen LogP contribution in [0.5, 0.6) is 0 Å². The molecule has 0 radical (unpaired) electrons. The van der Waals surface area contributed by atoms with Crippen molar-refractivity contribution in [2.75, 3.05) is 11.4 Å². The highest BCUT2D eigenvalue weighted by Crippen LogP contribution is 2.26. The molecule has 1 aliphatic heterocycles. The summed E-state index contributed by atoms with van der Waals surface area (Å²) in [6, 6.07) is 4.60. The number of aliphatic hydroxyl groups excluding tert-OH is 1. The first-order chi connectivity index (χ1) is 8.24. The SMILES string of the molecule is CCC1CCCCN1c1cc(CO)cc(C)n1. The number of hydrogen-bond acceptors (Lipinski definition) is 3. The summed E-state index contributed by atoms with van der Waals surface area (Å²) in [6.07, 6.45) is 5.01. The fourth-order valence-corrected chi connectivity index (χ4v) is 2.69. The van der Waals surface area contributed by atoms with E-state index in [-0.39, 0.29) is 6.61 Å². The van der Waals surface area contributed by atoms with Gasteiger partial charge in [-0.2, -0.15) is 0 Å². The number of anilines is 1. The Kier molecular flexibility index (Phi) is 4.00. The average Bonchev–Trinajstić information content (AvgIpc) is 2.37. The highest BCUT2D eigenvalue weighted by atomic mass is 16.3. The minimum absolute atomic E-state index is 0.0982. The smallest absolute Gasteiger partial charge is 0.129 e. The highest BCUT2D eigenvalue weighted by Gasteiger charge is 2.22. The Morgan fingerprint density at radius 3 is 2.94 bits per heavy atom. The van der Waals surface area contributed by atoms with Crippen LogP contribution in [0, 0.1) is 6.92 Å². The van der Waals surface area contributed by atoms with Gasteiger partial charge in [0.1, 0.15) is 5.82 Å². The molecule has 0 bridgehead atoms. The van der Waals surface area contributed by atoms with E-state index in [0.717, 1.165) is 23.6 Å². The van der Waals surface area contributed by atoms with Crippen LogP contribution in [0.15, 0.2) is 12.1 Å². The number of rotatable bonds is 3. The molecule has 1 saturated heterocycles. The zero-order chi connectivity index (χ0) is 12.3. The van der Waals surface area contributed by atoms with E-state index in [0.29, 0.717) is 6.04 Å². The van der Waals surface area contributed by atoms with Gasteiger partial charge < -0.3 is 10.0 Å². The minimum Gasteiger partial charge on any atom is -0.392 e. The van der Waals surface area contributed by atoms with Crippen molar-refractivity contribution >= 4 is 5.82 Å².